The minimum absolute atomic E-state index is 0.131. The lowest BCUT2D eigenvalue weighted by Gasteiger charge is -2.42. The quantitative estimate of drug-likeness (QED) is 0.777. The van der Waals surface area contributed by atoms with Crippen LogP contribution in [-0.4, -0.2) is 65.1 Å². The number of morpholine rings is 1. The molecule has 3 atom stereocenters. The molecule has 1 aliphatic carbocycles. The van der Waals surface area contributed by atoms with Gasteiger partial charge in [-0.1, -0.05) is 12.5 Å². The number of ether oxygens (including phenoxy) is 1. The van der Waals surface area contributed by atoms with E-state index < -0.39 is 20.9 Å². The summed E-state index contributed by atoms with van der Waals surface area (Å²) in [6, 6.07) is 3.69. The van der Waals surface area contributed by atoms with Crippen LogP contribution in [0.2, 0.25) is 0 Å². The molecule has 2 bridgehead atoms. The predicted molar refractivity (Wildman–Crippen MR) is 93.5 cm³/mol. The molecule has 0 unspecified atom stereocenters. The molecule has 140 valence electrons. The number of carbonyl (C=O) groups excluding carboxylic acids is 1. The number of nitrogens with zero attached hydrogens (tertiary/aromatic N) is 3. The number of pyridine rings is 1. The van der Waals surface area contributed by atoms with Gasteiger partial charge in [0.25, 0.3) is 0 Å². The van der Waals surface area contributed by atoms with Gasteiger partial charge < -0.3 is 9.64 Å². The normalized spacial score (nSPS) is 35.9. The van der Waals surface area contributed by atoms with Crippen LogP contribution < -0.4 is 0 Å². The van der Waals surface area contributed by atoms with Gasteiger partial charge in [0.15, 0.2) is 0 Å². The number of fused-ring (bicyclic) bond motifs is 1. The third-order valence-corrected chi connectivity index (χ3v) is 8.68. The summed E-state index contributed by atoms with van der Waals surface area (Å²) in [6.07, 6.45) is 6.73. The van der Waals surface area contributed by atoms with Crippen molar-refractivity contribution in [3.05, 3.63) is 30.1 Å². The van der Waals surface area contributed by atoms with Gasteiger partial charge in [0.2, 0.25) is 15.9 Å². The first-order valence-electron chi connectivity index (χ1n) is 9.32. The van der Waals surface area contributed by atoms with Gasteiger partial charge >= 0.3 is 0 Å². The van der Waals surface area contributed by atoms with Gasteiger partial charge in [-0.15, -0.1) is 0 Å². The lowest BCUT2D eigenvalue weighted by molar-refractivity contribution is -0.157. The molecule has 0 N–H and O–H groups in total. The average molecular weight is 377 g/mol. The molecule has 0 radical (unpaired) electrons. The molecular weight excluding hydrogens is 354 g/mol. The standard InChI is InChI=1S/C18H23N3O4S/c22-17(14-4-1-5-14)20-10-15-7-16-18(11-20,25-15)12-21(26(16,23)24)9-13-3-2-6-19-8-13/h2-3,6,8,14-16H,1,4-5,7,9-12H2/t15-,16+,18+/m1/s1. The summed E-state index contributed by atoms with van der Waals surface area (Å²) in [7, 11) is -3.44. The SMILES string of the molecule is O=C(C1CCC1)N1C[C@H]2C[C@H]3[C@](C1)(CN(Cc1cccnc1)S3(=O)=O)O2. The highest BCUT2D eigenvalue weighted by atomic mass is 32.2. The van der Waals surface area contributed by atoms with Crippen molar-refractivity contribution in [3.63, 3.8) is 0 Å². The first-order valence-corrected chi connectivity index (χ1v) is 10.8. The van der Waals surface area contributed by atoms with Gasteiger partial charge in [-0.25, -0.2) is 8.42 Å². The third-order valence-electron chi connectivity index (χ3n) is 6.36. The Morgan fingerprint density at radius 2 is 2.19 bits per heavy atom. The van der Waals surface area contributed by atoms with E-state index in [1.54, 1.807) is 12.4 Å². The first-order chi connectivity index (χ1) is 12.5. The van der Waals surface area contributed by atoms with Gasteiger partial charge in [-0.3, -0.25) is 9.78 Å². The topological polar surface area (TPSA) is 79.8 Å². The van der Waals surface area contributed by atoms with E-state index in [4.69, 9.17) is 4.74 Å². The smallest absolute Gasteiger partial charge is 0.225 e. The van der Waals surface area contributed by atoms with E-state index >= 15 is 0 Å². The van der Waals surface area contributed by atoms with Gasteiger partial charge in [-0.05, 0) is 30.9 Å². The minimum Gasteiger partial charge on any atom is -0.365 e. The van der Waals surface area contributed by atoms with E-state index in [0.29, 0.717) is 32.6 Å². The Morgan fingerprint density at radius 1 is 1.35 bits per heavy atom. The molecule has 1 spiro atoms. The van der Waals surface area contributed by atoms with Crippen LogP contribution in [0.1, 0.15) is 31.2 Å². The van der Waals surface area contributed by atoms with Crippen molar-refractivity contribution in [2.45, 2.75) is 49.2 Å². The number of sulfonamides is 1. The summed E-state index contributed by atoms with van der Waals surface area (Å²) in [5.41, 5.74) is 0.0887. The van der Waals surface area contributed by atoms with Crippen molar-refractivity contribution in [3.8, 4) is 0 Å². The highest BCUT2D eigenvalue weighted by Gasteiger charge is 2.65. The molecule has 4 fully saturated rings. The molecule has 5 rings (SSSR count). The fourth-order valence-corrected chi connectivity index (χ4v) is 7.16. The average Bonchev–Trinajstić information content (AvgIpc) is 2.93. The van der Waals surface area contributed by atoms with Crippen molar-refractivity contribution < 1.29 is 17.9 Å². The van der Waals surface area contributed by atoms with Gasteiger partial charge in [-0.2, -0.15) is 4.31 Å². The second-order valence-electron chi connectivity index (χ2n) is 8.05. The number of aromatic nitrogens is 1. The molecule has 4 heterocycles. The van der Waals surface area contributed by atoms with Crippen molar-refractivity contribution in [2.24, 2.45) is 5.92 Å². The molecular formula is C18H23N3O4S. The fraction of sp³-hybridized carbons (Fsp3) is 0.667. The summed E-state index contributed by atoms with van der Waals surface area (Å²) >= 11 is 0. The molecule has 3 saturated heterocycles. The lowest BCUT2D eigenvalue weighted by Crippen LogP contribution is -2.57. The van der Waals surface area contributed by atoms with E-state index in [-0.39, 0.29) is 17.9 Å². The summed E-state index contributed by atoms with van der Waals surface area (Å²) in [5.74, 6) is 0.319. The Labute approximate surface area is 153 Å². The summed E-state index contributed by atoms with van der Waals surface area (Å²) in [5, 5.41) is -0.545. The molecule has 1 saturated carbocycles. The van der Waals surface area contributed by atoms with Gasteiger partial charge in [0, 0.05) is 37.9 Å². The minimum atomic E-state index is -3.44. The van der Waals surface area contributed by atoms with E-state index in [2.05, 4.69) is 4.98 Å². The van der Waals surface area contributed by atoms with Crippen molar-refractivity contribution in [1.82, 2.24) is 14.2 Å². The van der Waals surface area contributed by atoms with Gasteiger partial charge in [0.05, 0.1) is 12.6 Å². The highest BCUT2D eigenvalue weighted by Crippen LogP contribution is 2.47. The zero-order chi connectivity index (χ0) is 17.9. The predicted octanol–water partition coefficient (Wildman–Crippen LogP) is 0.766. The van der Waals surface area contributed by atoms with Crippen LogP contribution in [0.3, 0.4) is 0 Å². The molecule has 3 aliphatic heterocycles. The Hall–Kier alpha value is -1.51. The van der Waals surface area contributed by atoms with Crippen LogP contribution >= 0.6 is 0 Å². The zero-order valence-electron chi connectivity index (χ0n) is 14.6. The van der Waals surface area contributed by atoms with Crippen LogP contribution in [0.25, 0.3) is 0 Å². The largest absolute Gasteiger partial charge is 0.365 e. The van der Waals surface area contributed by atoms with Crippen LogP contribution in [0.15, 0.2) is 24.5 Å². The lowest BCUT2D eigenvalue weighted by atomic mass is 9.84. The van der Waals surface area contributed by atoms with Crippen LogP contribution in [0, 0.1) is 5.92 Å². The monoisotopic (exact) mass is 377 g/mol. The highest BCUT2D eigenvalue weighted by molar-refractivity contribution is 7.90. The zero-order valence-corrected chi connectivity index (χ0v) is 15.4. The second kappa shape index (κ2) is 5.74. The maximum absolute atomic E-state index is 13.1. The van der Waals surface area contributed by atoms with E-state index in [9.17, 15) is 13.2 Å². The van der Waals surface area contributed by atoms with Crippen molar-refractivity contribution in [2.75, 3.05) is 19.6 Å². The molecule has 1 aromatic heterocycles. The van der Waals surface area contributed by atoms with Gasteiger partial charge in [0.1, 0.15) is 10.9 Å². The summed E-state index contributed by atoms with van der Waals surface area (Å²) < 4.78 is 33.9. The fourth-order valence-electron chi connectivity index (χ4n) is 4.87. The van der Waals surface area contributed by atoms with Crippen LogP contribution in [-0.2, 0) is 26.1 Å². The van der Waals surface area contributed by atoms with E-state index in [1.807, 2.05) is 17.0 Å². The third kappa shape index (κ3) is 2.42. The van der Waals surface area contributed by atoms with Crippen molar-refractivity contribution in [1.29, 1.82) is 0 Å². The summed E-state index contributed by atoms with van der Waals surface area (Å²) in [4.78, 5) is 18.7. The molecule has 8 heteroatoms. The Bertz CT molecular complexity index is 826. The number of rotatable bonds is 3. The number of hydrogen-bond donors (Lipinski definition) is 0. The maximum atomic E-state index is 13.1. The van der Waals surface area contributed by atoms with Crippen molar-refractivity contribution >= 4 is 15.9 Å². The van der Waals surface area contributed by atoms with E-state index in [0.717, 1.165) is 24.8 Å². The molecule has 7 nitrogen and oxygen atoms in total. The molecule has 4 aliphatic rings. The Balaban J connectivity index is 1.40. The second-order valence-corrected chi connectivity index (χ2v) is 10.2. The first kappa shape index (κ1) is 16.6. The molecule has 1 aromatic rings. The number of hydrogen-bond acceptors (Lipinski definition) is 5. The van der Waals surface area contributed by atoms with Crippen LogP contribution in [0.4, 0.5) is 0 Å². The molecule has 26 heavy (non-hydrogen) atoms. The molecule has 1 amide bonds. The Kier molecular flexibility index (Phi) is 3.68. The molecule has 0 aromatic carbocycles. The maximum Gasteiger partial charge on any atom is 0.225 e. The number of likely N-dealkylation sites (tertiary alicyclic amines) is 1. The number of carbonyl (C=O) groups is 1. The number of amides is 1. The summed E-state index contributed by atoms with van der Waals surface area (Å²) in [6.45, 7) is 1.55. The Morgan fingerprint density at radius 3 is 2.88 bits per heavy atom. The van der Waals surface area contributed by atoms with E-state index in [1.165, 1.54) is 4.31 Å². The van der Waals surface area contributed by atoms with Crippen LogP contribution in [0.5, 0.6) is 0 Å².